The van der Waals surface area contributed by atoms with Crippen molar-refractivity contribution in [3.8, 4) is 0 Å². The molecule has 0 saturated carbocycles. The molecule has 0 spiro atoms. The van der Waals surface area contributed by atoms with Gasteiger partial charge in [0, 0.05) is 32.5 Å². The lowest BCUT2D eigenvalue weighted by Crippen LogP contribution is -2.62. The van der Waals surface area contributed by atoms with Gasteiger partial charge in [-0.15, -0.1) is 0 Å². The minimum absolute atomic E-state index is 0.00521. The summed E-state index contributed by atoms with van der Waals surface area (Å²) in [5.41, 5.74) is 0.663. The number of carboxylic acid groups (broad SMARTS) is 1. The molecule has 2 aliphatic rings. The summed E-state index contributed by atoms with van der Waals surface area (Å²) < 4.78 is 175. The second kappa shape index (κ2) is 15.6. The molecule has 11 nitrogen and oxygen atoms in total. The van der Waals surface area contributed by atoms with Gasteiger partial charge in [0.05, 0.1) is 24.9 Å². The highest BCUT2D eigenvalue weighted by atomic mass is 32.2. The fraction of sp³-hybridized carbons (Fsp3) is 0.741. The second-order valence-corrected chi connectivity index (χ2v) is 12.2. The number of benzene rings is 1. The number of aliphatic carboxylic acids is 1. The molecule has 3 rings (SSSR count). The van der Waals surface area contributed by atoms with Crippen LogP contribution >= 0.6 is 0 Å². The van der Waals surface area contributed by atoms with Crippen LogP contribution in [0.1, 0.15) is 50.7 Å². The van der Waals surface area contributed by atoms with Gasteiger partial charge in [0.25, 0.3) is 0 Å². The Morgan fingerprint density at radius 2 is 1.66 bits per heavy atom. The molecule has 0 aliphatic carbocycles. The predicted octanol–water partition coefficient (Wildman–Crippen LogP) is 5.31. The fourth-order valence-electron chi connectivity index (χ4n) is 4.97. The lowest BCUT2D eigenvalue weighted by atomic mass is 9.81. The number of alkyl halides is 8. The van der Waals surface area contributed by atoms with Crippen molar-refractivity contribution in [2.75, 3.05) is 27.1 Å². The number of ether oxygens (including phenoxy) is 6. The van der Waals surface area contributed by atoms with Crippen LogP contribution in [-0.4, -0.2) is 94.6 Å². The van der Waals surface area contributed by atoms with E-state index >= 15 is 0 Å². The molecule has 2 fully saturated rings. The maximum Gasteiger partial charge on any atom is 0.460 e. The highest BCUT2D eigenvalue weighted by molar-refractivity contribution is 7.87. The van der Waals surface area contributed by atoms with E-state index in [9.17, 15) is 48.3 Å². The number of hydrogen-bond acceptors (Lipinski definition) is 10. The van der Waals surface area contributed by atoms with Crippen molar-refractivity contribution in [2.45, 2.75) is 93.1 Å². The predicted molar refractivity (Wildman–Crippen MR) is 141 cm³/mol. The first-order valence-electron chi connectivity index (χ1n) is 14.2. The summed E-state index contributed by atoms with van der Waals surface area (Å²) in [7, 11) is -6.11. The number of hydrogen-bond donors (Lipinski definition) is 1. The number of carboxylic acids is 1. The normalized spacial score (nSPS) is 26.2. The van der Waals surface area contributed by atoms with Gasteiger partial charge >= 0.3 is 39.5 Å². The third-order valence-electron chi connectivity index (χ3n) is 7.40. The van der Waals surface area contributed by atoms with E-state index in [0.717, 1.165) is 7.11 Å². The Hall–Kier alpha value is -2.20. The van der Waals surface area contributed by atoms with Gasteiger partial charge < -0.3 is 28.8 Å². The smallest absolute Gasteiger partial charge is 0.460 e. The average Bonchev–Trinajstić information content (AvgIpc) is 2.99. The molecule has 1 aromatic rings. The SMILES string of the molecule is CCOCO[C@H]1[C@@H]2CC(c3ccccc3)OC[C@H]2O[C@@H](OC)[C@@H]1OS(=O)(=O)C(F)(F)C(F)(F)OC(F)(F)C(F)(F)CCCCC(=O)O. The van der Waals surface area contributed by atoms with Crippen LogP contribution in [0.3, 0.4) is 0 Å². The van der Waals surface area contributed by atoms with Crippen LogP contribution in [0.4, 0.5) is 35.1 Å². The summed E-state index contributed by atoms with van der Waals surface area (Å²) in [6.45, 7) is 0.926. The van der Waals surface area contributed by atoms with E-state index in [1.165, 1.54) is 0 Å². The van der Waals surface area contributed by atoms with Crippen LogP contribution in [0.15, 0.2) is 30.3 Å². The Labute approximate surface area is 264 Å². The van der Waals surface area contributed by atoms with Crippen molar-refractivity contribution >= 4 is 16.1 Å². The van der Waals surface area contributed by atoms with Crippen LogP contribution in [0.2, 0.25) is 0 Å². The molecular weight excluding hydrogens is 684 g/mol. The first-order chi connectivity index (χ1) is 21.8. The van der Waals surface area contributed by atoms with E-state index < -0.39 is 109 Å². The third kappa shape index (κ3) is 9.08. The van der Waals surface area contributed by atoms with E-state index in [1.54, 1.807) is 37.3 Å². The molecule has 1 unspecified atom stereocenters. The highest BCUT2D eigenvalue weighted by Crippen LogP contribution is 2.50. The zero-order valence-corrected chi connectivity index (χ0v) is 25.8. The molecule has 1 aromatic carbocycles. The van der Waals surface area contributed by atoms with Crippen molar-refractivity contribution in [2.24, 2.45) is 5.92 Å². The van der Waals surface area contributed by atoms with E-state index in [1.807, 2.05) is 0 Å². The Morgan fingerprint density at radius 1 is 1.00 bits per heavy atom. The molecule has 2 saturated heterocycles. The third-order valence-corrected chi connectivity index (χ3v) is 8.75. The monoisotopic (exact) mass is 718 g/mol. The first kappa shape index (κ1) is 39.2. The quantitative estimate of drug-likeness (QED) is 0.0917. The molecular formula is C27H34F8O11S. The summed E-state index contributed by atoms with van der Waals surface area (Å²) in [6.07, 6.45) is -24.7. The highest BCUT2D eigenvalue weighted by Gasteiger charge is 2.75. The van der Waals surface area contributed by atoms with Crippen LogP contribution < -0.4 is 0 Å². The molecule has 0 amide bonds. The van der Waals surface area contributed by atoms with Gasteiger partial charge in [0.2, 0.25) is 0 Å². The standard InChI is InChI=1S/C27H34F8O11S/c1-3-41-15-43-21-17-13-18(16-9-5-4-6-10-16)42-14-19(17)44-23(40-2)22(21)45-47(38,39)27(34,35)26(32,33)46-25(30,31)24(28,29)12-8-7-11-20(36)37/h4-6,9-10,17-19,21-23H,3,7-8,11-15H2,1-2H3,(H,36,37)/t17-,18?,19-,21+,22-,23-/m1/s1. The number of carbonyl (C=O) groups is 1. The van der Waals surface area contributed by atoms with Gasteiger partial charge in [-0.2, -0.15) is 43.5 Å². The Bertz CT molecular complexity index is 1270. The largest absolute Gasteiger partial charge is 0.481 e. The lowest BCUT2D eigenvalue weighted by molar-refractivity contribution is -0.457. The van der Waals surface area contributed by atoms with Crippen molar-refractivity contribution in [3.05, 3.63) is 35.9 Å². The van der Waals surface area contributed by atoms with Crippen molar-refractivity contribution in [3.63, 3.8) is 0 Å². The molecule has 0 radical (unpaired) electrons. The molecule has 2 aliphatic heterocycles. The minimum Gasteiger partial charge on any atom is -0.481 e. The zero-order valence-electron chi connectivity index (χ0n) is 25.0. The van der Waals surface area contributed by atoms with Gasteiger partial charge in [0.15, 0.2) is 12.4 Å². The Kier molecular flexibility index (Phi) is 13.0. The minimum atomic E-state index is -7.04. The Balaban J connectivity index is 1.87. The molecule has 0 aromatic heterocycles. The van der Waals surface area contributed by atoms with Gasteiger partial charge in [-0.1, -0.05) is 30.3 Å². The van der Waals surface area contributed by atoms with Crippen LogP contribution in [-0.2, 0) is 47.5 Å². The van der Waals surface area contributed by atoms with Crippen molar-refractivity contribution < 1.29 is 86.0 Å². The lowest BCUT2D eigenvalue weighted by Gasteiger charge is -2.48. The molecule has 20 heteroatoms. The maximum absolute atomic E-state index is 14.9. The summed E-state index contributed by atoms with van der Waals surface area (Å²) in [5.74, 6) is -7.93. The van der Waals surface area contributed by atoms with E-state index in [2.05, 4.69) is 8.92 Å². The van der Waals surface area contributed by atoms with Crippen LogP contribution in [0.25, 0.3) is 0 Å². The first-order valence-corrected chi connectivity index (χ1v) is 15.6. The number of rotatable bonds is 18. The molecule has 6 atom stereocenters. The van der Waals surface area contributed by atoms with Gasteiger partial charge in [-0.25, -0.2) is 4.74 Å². The zero-order chi connectivity index (χ0) is 35.3. The Morgan fingerprint density at radius 3 is 2.26 bits per heavy atom. The fourth-order valence-corrected chi connectivity index (χ4v) is 5.92. The van der Waals surface area contributed by atoms with Crippen LogP contribution in [0.5, 0.6) is 0 Å². The molecule has 47 heavy (non-hydrogen) atoms. The number of unbranched alkanes of at least 4 members (excludes halogenated alkanes) is 1. The van der Waals surface area contributed by atoms with Crippen molar-refractivity contribution in [1.82, 2.24) is 0 Å². The topological polar surface area (TPSA) is 136 Å². The van der Waals surface area contributed by atoms with Crippen molar-refractivity contribution in [1.29, 1.82) is 0 Å². The van der Waals surface area contributed by atoms with Crippen LogP contribution in [0, 0.1) is 5.92 Å². The maximum atomic E-state index is 14.9. The number of halogens is 8. The number of fused-ring (bicyclic) bond motifs is 1. The van der Waals surface area contributed by atoms with E-state index in [-0.39, 0.29) is 19.6 Å². The second-order valence-electron chi connectivity index (χ2n) is 10.6. The molecule has 1 N–H and O–H groups in total. The summed E-state index contributed by atoms with van der Waals surface area (Å²) in [5, 5.41) is 1.82. The summed E-state index contributed by atoms with van der Waals surface area (Å²) in [4.78, 5) is 10.5. The summed E-state index contributed by atoms with van der Waals surface area (Å²) in [6, 6.07) is 8.55. The molecule has 0 bridgehead atoms. The van der Waals surface area contributed by atoms with Gasteiger partial charge in [-0.05, 0) is 31.7 Å². The van der Waals surface area contributed by atoms with E-state index in [4.69, 9.17) is 28.8 Å². The average molecular weight is 719 g/mol. The van der Waals surface area contributed by atoms with E-state index in [0.29, 0.717) is 5.56 Å². The van der Waals surface area contributed by atoms with Gasteiger partial charge in [0.1, 0.15) is 6.79 Å². The molecule has 2 heterocycles. The number of methoxy groups -OCH3 is 1. The summed E-state index contributed by atoms with van der Waals surface area (Å²) >= 11 is 0. The van der Waals surface area contributed by atoms with Gasteiger partial charge in [-0.3, -0.25) is 8.98 Å². The molecule has 270 valence electrons.